The molecule has 38 heavy (non-hydrogen) atoms. The number of carbonyl (C=O) groups is 1. The molecule has 1 aliphatic carbocycles. The summed E-state index contributed by atoms with van der Waals surface area (Å²) in [4.78, 5) is 13.3. The molecule has 2 aromatic rings. The van der Waals surface area contributed by atoms with Crippen molar-refractivity contribution in [2.75, 3.05) is 18.4 Å². The molecule has 208 valence electrons. The van der Waals surface area contributed by atoms with Crippen LogP contribution in [0.25, 0.3) is 0 Å². The Morgan fingerprint density at radius 2 is 1.87 bits per heavy atom. The van der Waals surface area contributed by atoms with E-state index in [1.165, 1.54) is 6.07 Å². The summed E-state index contributed by atoms with van der Waals surface area (Å²) < 4.78 is 43.0. The molecule has 1 heterocycles. The van der Waals surface area contributed by atoms with Crippen molar-refractivity contribution >= 4 is 33.2 Å². The smallest absolute Gasteiger partial charge is 0.241 e. The predicted octanol–water partition coefficient (Wildman–Crippen LogP) is 4.27. The van der Waals surface area contributed by atoms with Gasteiger partial charge in [-0.25, -0.2) is 12.8 Å². The number of halogens is 2. The first-order valence-electron chi connectivity index (χ1n) is 13.3. The minimum Gasteiger partial charge on any atom is -0.324 e. The van der Waals surface area contributed by atoms with E-state index in [4.69, 9.17) is 17.3 Å². The SMILES string of the molecule is CC(C)C(c1ccc(Cl)cc1)[C@H](N)C(=O)Nc1cccc(F)c1CC[C@H]1CNC[C@H](C)N1S(=O)(=O)C1CC1. The molecule has 1 saturated carbocycles. The molecule has 1 saturated heterocycles. The molecule has 7 nitrogen and oxygen atoms in total. The van der Waals surface area contributed by atoms with Gasteiger partial charge in [0.2, 0.25) is 15.9 Å². The molecule has 0 bridgehead atoms. The normalized spacial score (nSPS) is 22.3. The molecule has 4 N–H and O–H groups in total. The topological polar surface area (TPSA) is 105 Å². The minimum atomic E-state index is -3.38. The first-order chi connectivity index (χ1) is 18.0. The molecule has 2 aromatic carbocycles. The van der Waals surface area contributed by atoms with E-state index in [1.807, 2.05) is 32.9 Å². The van der Waals surface area contributed by atoms with Gasteiger partial charge in [-0.3, -0.25) is 4.79 Å². The number of carbonyl (C=O) groups excluding carboxylic acids is 1. The van der Waals surface area contributed by atoms with Gasteiger partial charge < -0.3 is 16.4 Å². The van der Waals surface area contributed by atoms with Gasteiger partial charge in [0.15, 0.2) is 0 Å². The van der Waals surface area contributed by atoms with Crippen LogP contribution in [0, 0.1) is 11.7 Å². The Morgan fingerprint density at radius 1 is 1.18 bits per heavy atom. The third-order valence-corrected chi connectivity index (χ3v) is 10.4. The molecular weight excluding hydrogens is 527 g/mol. The second-order valence-corrected chi connectivity index (χ2v) is 13.4. The molecule has 1 unspecified atom stereocenters. The Balaban J connectivity index is 1.51. The van der Waals surface area contributed by atoms with E-state index < -0.39 is 27.8 Å². The van der Waals surface area contributed by atoms with Crippen molar-refractivity contribution in [3.8, 4) is 0 Å². The number of rotatable bonds is 10. The van der Waals surface area contributed by atoms with Gasteiger partial charge in [-0.05, 0) is 68.4 Å². The Hall–Kier alpha value is -2.04. The second kappa shape index (κ2) is 12.0. The number of nitrogens with one attached hydrogen (secondary N) is 2. The van der Waals surface area contributed by atoms with Gasteiger partial charge in [0.25, 0.3) is 0 Å². The van der Waals surface area contributed by atoms with E-state index in [0.29, 0.717) is 48.6 Å². The lowest BCUT2D eigenvalue weighted by molar-refractivity contribution is -0.118. The van der Waals surface area contributed by atoms with Crippen molar-refractivity contribution in [1.29, 1.82) is 0 Å². The van der Waals surface area contributed by atoms with E-state index in [9.17, 15) is 13.2 Å². The Kier molecular flexibility index (Phi) is 9.15. The van der Waals surface area contributed by atoms with Crippen LogP contribution in [0.1, 0.15) is 57.1 Å². The maximum absolute atomic E-state index is 15.0. The number of benzene rings is 2. The first kappa shape index (κ1) is 29.0. The van der Waals surface area contributed by atoms with Crippen molar-refractivity contribution < 1.29 is 17.6 Å². The molecule has 0 aromatic heterocycles. The molecule has 0 spiro atoms. The van der Waals surface area contributed by atoms with Gasteiger partial charge in [-0.2, -0.15) is 4.31 Å². The van der Waals surface area contributed by atoms with Crippen LogP contribution in [-0.4, -0.2) is 55.1 Å². The maximum Gasteiger partial charge on any atom is 0.241 e. The van der Waals surface area contributed by atoms with Crippen LogP contribution < -0.4 is 16.4 Å². The van der Waals surface area contributed by atoms with E-state index in [2.05, 4.69) is 10.6 Å². The van der Waals surface area contributed by atoms with Gasteiger partial charge in [0.1, 0.15) is 5.82 Å². The van der Waals surface area contributed by atoms with E-state index >= 15 is 4.39 Å². The molecule has 10 heteroatoms. The van der Waals surface area contributed by atoms with Crippen LogP contribution in [0.2, 0.25) is 5.02 Å². The molecule has 1 aliphatic heterocycles. The number of hydrogen-bond acceptors (Lipinski definition) is 5. The van der Waals surface area contributed by atoms with E-state index in [-0.39, 0.29) is 35.6 Å². The average molecular weight is 565 g/mol. The van der Waals surface area contributed by atoms with Crippen molar-refractivity contribution in [3.63, 3.8) is 0 Å². The molecule has 1 amide bonds. The highest BCUT2D eigenvalue weighted by Crippen LogP contribution is 2.35. The lowest BCUT2D eigenvalue weighted by Gasteiger charge is -2.40. The fraction of sp³-hybridized carbons (Fsp3) is 0.536. The molecule has 2 fully saturated rings. The molecule has 4 rings (SSSR count). The van der Waals surface area contributed by atoms with Crippen LogP contribution in [0.4, 0.5) is 10.1 Å². The van der Waals surface area contributed by atoms with Crippen molar-refractivity contribution in [2.24, 2.45) is 11.7 Å². The number of amides is 1. The lowest BCUT2D eigenvalue weighted by Crippen LogP contribution is -2.59. The number of anilines is 1. The maximum atomic E-state index is 15.0. The summed E-state index contributed by atoms with van der Waals surface area (Å²) in [5.41, 5.74) is 8.07. The summed E-state index contributed by atoms with van der Waals surface area (Å²) in [6, 6.07) is 10.5. The summed E-state index contributed by atoms with van der Waals surface area (Å²) in [7, 11) is -3.38. The summed E-state index contributed by atoms with van der Waals surface area (Å²) in [5.74, 6) is -1.04. The third kappa shape index (κ3) is 6.39. The largest absolute Gasteiger partial charge is 0.324 e. The zero-order chi connectivity index (χ0) is 27.6. The van der Waals surface area contributed by atoms with Gasteiger partial charge in [-0.1, -0.05) is 43.6 Å². The highest BCUT2D eigenvalue weighted by atomic mass is 35.5. The van der Waals surface area contributed by atoms with Gasteiger partial charge in [0.05, 0.1) is 11.3 Å². The fourth-order valence-electron chi connectivity index (χ4n) is 5.54. The quantitative estimate of drug-likeness (QED) is 0.400. The van der Waals surface area contributed by atoms with Crippen LogP contribution in [0.15, 0.2) is 42.5 Å². The first-order valence-corrected chi connectivity index (χ1v) is 15.2. The average Bonchev–Trinajstić information content (AvgIpc) is 3.71. The Morgan fingerprint density at radius 3 is 2.50 bits per heavy atom. The standard InChI is InChI=1S/C28H38ClFN4O3S/c1-17(2)26(19-7-9-20(29)10-8-19)27(31)28(35)33-25-6-4-5-24(30)23(25)14-11-21-16-32-15-18(3)34(21)38(36,37)22-12-13-22/h4-10,17-18,21-22,26-27,32H,11-16,31H2,1-3H3,(H,33,35)/t18-,21-,26?,27-/m0/s1. The van der Waals surface area contributed by atoms with Crippen molar-refractivity contribution in [1.82, 2.24) is 9.62 Å². The van der Waals surface area contributed by atoms with Crippen molar-refractivity contribution in [2.45, 2.75) is 75.7 Å². The van der Waals surface area contributed by atoms with Crippen LogP contribution >= 0.6 is 11.6 Å². The minimum absolute atomic E-state index is 0.0732. The number of nitrogens with two attached hydrogens (primary N) is 1. The second-order valence-electron chi connectivity index (χ2n) is 10.9. The summed E-state index contributed by atoms with van der Waals surface area (Å²) in [6.07, 6.45) is 2.10. The zero-order valence-electron chi connectivity index (χ0n) is 22.2. The van der Waals surface area contributed by atoms with E-state index in [1.54, 1.807) is 28.6 Å². The third-order valence-electron chi connectivity index (χ3n) is 7.62. The van der Waals surface area contributed by atoms with Gasteiger partial charge >= 0.3 is 0 Å². The molecule has 0 radical (unpaired) electrons. The van der Waals surface area contributed by atoms with Crippen LogP contribution in [0.3, 0.4) is 0 Å². The number of nitrogens with zero attached hydrogens (tertiary/aromatic N) is 1. The molecule has 4 atom stereocenters. The van der Waals surface area contributed by atoms with Gasteiger partial charge in [-0.15, -0.1) is 0 Å². The number of sulfonamides is 1. The Bertz CT molecular complexity index is 1240. The van der Waals surface area contributed by atoms with Crippen molar-refractivity contribution in [3.05, 3.63) is 64.4 Å². The monoisotopic (exact) mass is 564 g/mol. The number of hydrogen-bond donors (Lipinski definition) is 3. The zero-order valence-corrected chi connectivity index (χ0v) is 23.7. The van der Waals surface area contributed by atoms with Crippen LogP contribution in [0.5, 0.6) is 0 Å². The highest BCUT2D eigenvalue weighted by molar-refractivity contribution is 7.90. The fourth-order valence-corrected chi connectivity index (χ4v) is 7.91. The van der Waals surface area contributed by atoms with Crippen LogP contribution in [-0.2, 0) is 21.2 Å². The summed E-state index contributed by atoms with van der Waals surface area (Å²) in [5, 5.41) is 6.46. The predicted molar refractivity (Wildman–Crippen MR) is 150 cm³/mol. The molecule has 2 aliphatic rings. The Labute approximate surface area is 230 Å². The lowest BCUT2D eigenvalue weighted by atomic mass is 9.82. The highest BCUT2D eigenvalue weighted by Gasteiger charge is 2.45. The number of piperazine rings is 1. The van der Waals surface area contributed by atoms with E-state index in [0.717, 1.165) is 5.56 Å². The molecular formula is C28H38ClFN4O3S. The summed E-state index contributed by atoms with van der Waals surface area (Å²) in [6.45, 7) is 7.00. The summed E-state index contributed by atoms with van der Waals surface area (Å²) >= 11 is 6.04. The van der Waals surface area contributed by atoms with Gasteiger partial charge in [0, 0.05) is 47.4 Å².